The first kappa shape index (κ1) is 11.0. The van der Waals surface area contributed by atoms with Gasteiger partial charge >= 0.3 is 0 Å². The van der Waals surface area contributed by atoms with Crippen LogP contribution < -0.4 is 10.5 Å². The van der Waals surface area contributed by atoms with Gasteiger partial charge in [0.05, 0.1) is 6.54 Å². The highest BCUT2D eigenvalue weighted by Crippen LogP contribution is 2.46. The fourth-order valence-corrected chi connectivity index (χ4v) is 3.07. The normalized spacial score (nSPS) is 28.4. The third kappa shape index (κ3) is 1.50. The Hall–Kier alpha value is -1.91. The van der Waals surface area contributed by atoms with Crippen LogP contribution in [0.1, 0.15) is 18.4 Å². The highest BCUT2D eigenvalue weighted by atomic mass is 16.5. The Kier molecular flexibility index (Phi) is 2.05. The second-order valence-corrected chi connectivity index (χ2v) is 5.73. The summed E-state index contributed by atoms with van der Waals surface area (Å²) in [5.74, 6) is 2.35. The van der Waals surface area contributed by atoms with Crippen molar-refractivity contribution >= 4 is 5.96 Å². The number of rotatable bonds is 2. The van der Waals surface area contributed by atoms with E-state index in [9.17, 15) is 5.11 Å². The lowest BCUT2D eigenvalue weighted by Crippen LogP contribution is -2.51. The van der Waals surface area contributed by atoms with Crippen LogP contribution in [0.5, 0.6) is 11.5 Å². The van der Waals surface area contributed by atoms with E-state index >= 15 is 0 Å². The number of ether oxygens (including phenoxy) is 1. The van der Waals surface area contributed by atoms with Gasteiger partial charge in [0, 0.05) is 18.2 Å². The molecule has 3 N–H and O–H groups in total. The second-order valence-electron chi connectivity index (χ2n) is 5.73. The van der Waals surface area contributed by atoms with Crippen LogP contribution in [0.15, 0.2) is 23.2 Å². The van der Waals surface area contributed by atoms with Crippen LogP contribution in [0.4, 0.5) is 0 Å². The summed E-state index contributed by atoms with van der Waals surface area (Å²) in [5.41, 5.74) is 6.91. The van der Waals surface area contributed by atoms with Crippen molar-refractivity contribution in [3.8, 4) is 11.5 Å². The van der Waals surface area contributed by atoms with E-state index in [-0.39, 0.29) is 11.3 Å². The van der Waals surface area contributed by atoms with Gasteiger partial charge in [-0.2, -0.15) is 0 Å². The predicted octanol–water partition coefficient (Wildman–Crippen LogP) is 1.02. The highest BCUT2D eigenvalue weighted by Gasteiger charge is 2.50. The molecule has 1 aliphatic carbocycles. The Bertz CT molecular complexity index is 568. The molecule has 1 unspecified atom stereocenters. The number of hydrogen-bond acceptors (Lipinski definition) is 5. The fourth-order valence-electron chi connectivity index (χ4n) is 3.07. The molecule has 3 aliphatic rings. The van der Waals surface area contributed by atoms with Gasteiger partial charge in [0.2, 0.25) is 0 Å². The van der Waals surface area contributed by atoms with Gasteiger partial charge < -0.3 is 20.5 Å². The van der Waals surface area contributed by atoms with Crippen LogP contribution in [0.2, 0.25) is 0 Å². The van der Waals surface area contributed by atoms with E-state index in [1.165, 1.54) is 12.8 Å². The number of nitrogens with zero attached hydrogens (tertiary/aromatic N) is 2. The monoisotopic (exact) mass is 259 g/mol. The predicted molar refractivity (Wildman–Crippen MR) is 71.2 cm³/mol. The SMILES string of the molecule is NC1=NCC2(COc3cc(O)ccc32)N1CC1CC1. The van der Waals surface area contributed by atoms with E-state index < -0.39 is 0 Å². The zero-order valence-electron chi connectivity index (χ0n) is 10.7. The van der Waals surface area contributed by atoms with Gasteiger partial charge in [-0.15, -0.1) is 0 Å². The minimum Gasteiger partial charge on any atom is -0.508 e. The Labute approximate surface area is 111 Å². The number of hydrogen-bond donors (Lipinski definition) is 2. The summed E-state index contributed by atoms with van der Waals surface area (Å²) >= 11 is 0. The van der Waals surface area contributed by atoms with Crippen molar-refractivity contribution in [3.63, 3.8) is 0 Å². The molecular formula is C14H17N3O2. The van der Waals surface area contributed by atoms with Crippen molar-refractivity contribution in [3.05, 3.63) is 23.8 Å². The first-order valence-corrected chi connectivity index (χ1v) is 6.73. The number of aliphatic imine (C=N–C) groups is 1. The maximum atomic E-state index is 9.55. The van der Waals surface area contributed by atoms with Gasteiger partial charge in [0.15, 0.2) is 5.96 Å². The molecule has 1 saturated carbocycles. The summed E-state index contributed by atoms with van der Waals surface area (Å²) in [6, 6.07) is 5.32. The molecule has 5 nitrogen and oxygen atoms in total. The van der Waals surface area contributed by atoms with Crippen LogP contribution in [0, 0.1) is 5.92 Å². The number of fused-ring (bicyclic) bond motifs is 2. The van der Waals surface area contributed by atoms with Crippen LogP contribution in [0.25, 0.3) is 0 Å². The highest BCUT2D eigenvalue weighted by molar-refractivity contribution is 5.82. The van der Waals surface area contributed by atoms with Gasteiger partial charge in [0.25, 0.3) is 0 Å². The number of aromatic hydroxyl groups is 1. The number of benzene rings is 1. The van der Waals surface area contributed by atoms with Crippen LogP contribution in [-0.4, -0.2) is 35.7 Å². The largest absolute Gasteiger partial charge is 0.508 e. The van der Waals surface area contributed by atoms with Gasteiger partial charge in [0.1, 0.15) is 23.6 Å². The van der Waals surface area contributed by atoms with Crippen molar-refractivity contribution in [2.75, 3.05) is 19.7 Å². The zero-order valence-corrected chi connectivity index (χ0v) is 10.7. The molecule has 0 bridgehead atoms. The average Bonchev–Trinajstić information content (AvgIpc) is 3.08. The van der Waals surface area contributed by atoms with Crippen molar-refractivity contribution in [1.29, 1.82) is 0 Å². The molecule has 1 fully saturated rings. The molecule has 19 heavy (non-hydrogen) atoms. The van der Waals surface area contributed by atoms with Crippen LogP contribution in [-0.2, 0) is 5.54 Å². The smallest absolute Gasteiger partial charge is 0.192 e. The van der Waals surface area contributed by atoms with Gasteiger partial charge in [-0.1, -0.05) is 0 Å². The van der Waals surface area contributed by atoms with E-state index in [1.807, 2.05) is 6.07 Å². The molecule has 100 valence electrons. The van der Waals surface area contributed by atoms with E-state index in [0.717, 1.165) is 23.8 Å². The third-order valence-electron chi connectivity index (χ3n) is 4.37. The van der Waals surface area contributed by atoms with Crippen LogP contribution in [0.3, 0.4) is 0 Å². The first-order chi connectivity index (χ1) is 9.19. The molecule has 1 atom stereocenters. The molecule has 0 saturated heterocycles. The topological polar surface area (TPSA) is 71.1 Å². The molecule has 1 spiro atoms. The standard InChI is InChI=1S/C14H17N3O2/c15-13-16-7-14(17(13)6-9-1-2-9)8-19-12-5-10(18)3-4-11(12)14/h3-5,9,18H,1-2,6-8H2,(H2,15,16). The maximum Gasteiger partial charge on any atom is 0.192 e. The Balaban J connectivity index is 1.74. The lowest BCUT2D eigenvalue weighted by Gasteiger charge is -2.35. The van der Waals surface area contributed by atoms with Crippen molar-refractivity contribution in [1.82, 2.24) is 4.90 Å². The van der Waals surface area contributed by atoms with Crippen LogP contribution >= 0.6 is 0 Å². The minimum absolute atomic E-state index is 0.233. The molecule has 0 aromatic heterocycles. The third-order valence-corrected chi connectivity index (χ3v) is 4.37. The van der Waals surface area contributed by atoms with Gasteiger partial charge in [-0.25, -0.2) is 0 Å². The number of nitrogens with two attached hydrogens (primary N) is 1. The second kappa shape index (κ2) is 3.56. The molecule has 4 rings (SSSR count). The van der Waals surface area contributed by atoms with E-state index in [0.29, 0.717) is 19.1 Å². The summed E-state index contributed by atoms with van der Waals surface area (Å²) < 4.78 is 5.77. The number of phenols is 1. The lowest BCUT2D eigenvalue weighted by molar-refractivity contribution is 0.147. The lowest BCUT2D eigenvalue weighted by atomic mass is 9.90. The minimum atomic E-state index is -0.254. The fraction of sp³-hybridized carbons (Fsp3) is 0.500. The quantitative estimate of drug-likeness (QED) is 0.832. The van der Waals surface area contributed by atoms with Crippen molar-refractivity contribution in [2.24, 2.45) is 16.6 Å². The molecule has 0 amide bonds. The average molecular weight is 259 g/mol. The molecule has 0 radical (unpaired) electrons. The van der Waals surface area contributed by atoms with E-state index in [1.54, 1.807) is 12.1 Å². The molecule has 1 aromatic rings. The molecule has 5 heteroatoms. The maximum absolute atomic E-state index is 9.55. The molecule has 2 heterocycles. The van der Waals surface area contributed by atoms with Gasteiger partial charge in [-0.3, -0.25) is 4.99 Å². The zero-order chi connectivity index (χ0) is 13.0. The Morgan fingerprint density at radius 3 is 3.11 bits per heavy atom. The number of guanidine groups is 1. The molecule has 2 aliphatic heterocycles. The Morgan fingerprint density at radius 2 is 2.32 bits per heavy atom. The van der Waals surface area contributed by atoms with E-state index in [4.69, 9.17) is 10.5 Å². The molecule has 1 aromatic carbocycles. The summed E-state index contributed by atoms with van der Waals surface area (Å²) in [4.78, 5) is 6.63. The summed E-state index contributed by atoms with van der Waals surface area (Å²) in [5, 5.41) is 9.55. The Morgan fingerprint density at radius 1 is 1.47 bits per heavy atom. The first-order valence-electron chi connectivity index (χ1n) is 6.73. The molecular weight excluding hydrogens is 242 g/mol. The van der Waals surface area contributed by atoms with Crippen molar-refractivity contribution in [2.45, 2.75) is 18.4 Å². The number of phenolic OH excluding ortho intramolecular Hbond substituents is 1. The van der Waals surface area contributed by atoms with E-state index in [2.05, 4.69) is 9.89 Å². The summed E-state index contributed by atoms with van der Waals surface area (Å²) in [7, 11) is 0. The van der Waals surface area contributed by atoms with Crippen molar-refractivity contribution < 1.29 is 9.84 Å². The summed E-state index contributed by atoms with van der Waals surface area (Å²) in [6.45, 7) is 2.16. The van der Waals surface area contributed by atoms with Gasteiger partial charge in [-0.05, 0) is 30.9 Å². The summed E-state index contributed by atoms with van der Waals surface area (Å²) in [6.07, 6.45) is 2.56.